The summed E-state index contributed by atoms with van der Waals surface area (Å²) in [7, 11) is 0. The Morgan fingerprint density at radius 1 is 1.10 bits per heavy atom. The van der Waals surface area contributed by atoms with Gasteiger partial charge in [0.15, 0.2) is 0 Å². The van der Waals surface area contributed by atoms with Gasteiger partial charge in [-0.3, -0.25) is 9.59 Å². The number of carbonyl (C=O) groups is 2. The molecule has 1 unspecified atom stereocenters. The fourth-order valence-corrected chi connectivity index (χ4v) is 3.54. The third-order valence-corrected chi connectivity index (χ3v) is 5.02. The minimum absolute atomic E-state index is 0.0910. The zero-order valence-electron chi connectivity index (χ0n) is 16.5. The van der Waals surface area contributed by atoms with Gasteiger partial charge in [-0.25, -0.2) is 0 Å². The van der Waals surface area contributed by atoms with E-state index in [2.05, 4.69) is 0 Å². The number of aliphatic hydroxyl groups is 1. The Labute approximate surface area is 175 Å². The maximum absolute atomic E-state index is 12.9. The number of amides is 1. The number of aliphatic hydroxyl groups excluding tert-OH is 1. The Morgan fingerprint density at radius 3 is 2.38 bits per heavy atom. The Balaban J connectivity index is 1.99. The van der Waals surface area contributed by atoms with Crippen LogP contribution in [0, 0.1) is 0 Å². The number of halogens is 1. The van der Waals surface area contributed by atoms with E-state index >= 15 is 0 Å². The molecule has 29 heavy (non-hydrogen) atoms. The summed E-state index contributed by atoms with van der Waals surface area (Å²) in [6, 6.07) is 15.1. The van der Waals surface area contributed by atoms with Crippen LogP contribution in [0.2, 0.25) is 5.02 Å². The second-order valence-electron chi connectivity index (χ2n) is 7.18. The van der Waals surface area contributed by atoms with Gasteiger partial charge in [-0.05, 0) is 50.1 Å². The lowest BCUT2D eigenvalue weighted by Gasteiger charge is -2.25. The number of likely N-dealkylation sites (tertiary alicyclic amines) is 1. The smallest absolute Gasteiger partial charge is 0.295 e. The molecule has 1 atom stereocenters. The van der Waals surface area contributed by atoms with Crippen LogP contribution in [0.1, 0.15) is 37.4 Å². The third-order valence-electron chi connectivity index (χ3n) is 4.77. The Hall–Kier alpha value is -2.63. The molecule has 2 aromatic carbocycles. The summed E-state index contributed by atoms with van der Waals surface area (Å²) in [5.41, 5.74) is 1.30. The van der Waals surface area contributed by atoms with Crippen LogP contribution in [0.3, 0.4) is 0 Å². The highest BCUT2D eigenvalue weighted by Crippen LogP contribution is 2.39. The maximum Gasteiger partial charge on any atom is 0.295 e. The fraction of sp³-hybridized carbons (Fsp3) is 0.304. The van der Waals surface area contributed by atoms with Crippen molar-refractivity contribution in [2.75, 3.05) is 13.2 Å². The van der Waals surface area contributed by atoms with Crippen LogP contribution in [-0.4, -0.2) is 41.0 Å². The van der Waals surface area contributed by atoms with Gasteiger partial charge in [0.25, 0.3) is 11.7 Å². The van der Waals surface area contributed by atoms with Crippen molar-refractivity contribution in [1.82, 2.24) is 4.90 Å². The average Bonchev–Trinajstić information content (AvgIpc) is 2.96. The summed E-state index contributed by atoms with van der Waals surface area (Å²) in [5.74, 6) is -1.50. The standard InChI is InChI=1S/C23H24ClNO4/c1-15(2)29-14-6-13-25-20(16-7-4-3-5-8-16)19(22(27)23(25)28)21(26)17-9-11-18(24)12-10-17/h3-5,7-12,15,20,26H,6,13-14H2,1-2H3/b21-19-. The van der Waals surface area contributed by atoms with Crippen molar-refractivity contribution in [3.05, 3.63) is 76.3 Å². The first-order valence-corrected chi connectivity index (χ1v) is 9.99. The molecular weight excluding hydrogens is 390 g/mol. The lowest BCUT2D eigenvalue weighted by molar-refractivity contribution is -0.140. The zero-order valence-corrected chi connectivity index (χ0v) is 17.2. The number of nitrogens with zero attached hydrogens (tertiary/aromatic N) is 1. The van der Waals surface area contributed by atoms with Gasteiger partial charge in [0.1, 0.15) is 5.76 Å². The fourth-order valence-electron chi connectivity index (χ4n) is 3.41. The molecule has 6 heteroatoms. The van der Waals surface area contributed by atoms with E-state index in [9.17, 15) is 14.7 Å². The van der Waals surface area contributed by atoms with Gasteiger partial charge < -0.3 is 14.7 Å². The maximum atomic E-state index is 12.9. The second kappa shape index (κ2) is 9.25. The highest BCUT2D eigenvalue weighted by Gasteiger charge is 2.45. The Kier molecular flexibility index (Phi) is 6.72. The summed E-state index contributed by atoms with van der Waals surface area (Å²) >= 11 is 5.93. The molecule has 1 aliphatic rings. The van der Waals surface area contributed by atoms with Gasteiger partial charge in [-0.1, -0.05) is 41.9 Å². The topological polar surface area (TPSA) is 66.8 Å². The van der Waals surface area contributed by atoms with Crippen LogP contribution in [0.5, 0.6) is 0 Å². The van der Waals surface area contributed by atoms with Gasteiger partial charge in [0, 0.05) is 23.7 Å². The predicted octanol–water partition coefficient (Wildman–Crippen LogP) is 4.58. The van der Waals surface area contributed by atoms with Gasteiger partial charge in [0.05, 0.1) is 17.7 Å². The van der Waals surface area contributed by atoms with E-state index in [0.717, 1.165) is 5.56 Å². The van der Waals surface area contributed by atoms with Crippen molar-refractivity contribution in [1.29, 1.82) is 0 Å². The van der Waals surface area contributed by atoms with E-state index in [0.29, 0.717) is 30.2 Å². The van der Waals surface area contributed by atoms with Crippen LogP contribution in [0.15, 0.2) is 60.2 Å². The number of benzene rings is 2. The predicted molar refractivity (Wildman–Crippen MR) is 113 cm³/mol. The van der Waals surface area contributed by atoms with Crippen LogP contribution in [0.4, 0.5) is 0 Å². The lowest BCUT2D eigenvalue weighted by atomic mass is 9.95. The number of Topliss-reactive ketones (excluding diaryl/α,β-unsaturated/α-hetero) is 1. The van der Waals surface area contributed by atoms with Crippen molar-refractivity contribution in [3.8, 4) is 0 Å². The van der Waals surface area contributed by atoms with Crippen LogP contribution in [-0.2, 0) is 14.3 Å². The van der Waals surface area contributed by atoms with E-state index in [1.807, 2.05) is 44.2 Å². The summed E-state index contributed by atoms with van der Waals surface area (Å²) in [6.45, 7) is 4.73. The molecule has 1 saturated heterocycles. The molecule has 1 fully saturated rings. The van der Waals surface area contributed by atoms with Crippen molar-refractivity contribution in [2.24, 2.45) is 0 Å². The van der Waals surface area contributed by atoms with Gasteiger partial charge in [-0.15, -0.1) is 0 Å². The highest BCUT2D eigenvalue weighted by molar-refractivity contribution is 6.46. The van der Waals surface area contributed by atoms with Gasteiger partial charge in [0.2, 0.25) is 0 Å². The largest absolute Gasteiger partial charge is 0.507 e. The second-order valence-corrected chi connectivity index (χ2v) is 7.62. The molecule has 0 radical (unpaired) electrons. The number of rotatable bonds is 7. The van der Waals surface area contributed by atoms with E-state index in [4.69, 9.17) is 16.3 Å². The minimum Gasteiger partial charge on any atom is -0.507 e. The zero-order chi connectivity index (χ0) is 21.0. The van der Waals surface area contributed by atoms with Gasteiger partial charge >= 0.3 is 0 Å². The van der Waals surface area contributed by atoms with Crippen molar-refractivity contribution < 1.29 is 19.4 Å². The first-order chi connectivity index (χ1) is 13.9. The molecule has 2 aromatic rings. The average molecular weight is 414 g/mol. The first-order valence-electron chi connectivity index (χ1n) is 9.61. The molecular formula is C23H24ClNO4. The molecule has 0 spiro atoms. The molecule has 1 amide bonds. The number of carbonyl (C=O) groups excluding carboxylic acids is 2. The van der Waals surface area contributed by atoms with Crippen molar-refractivity contribution in [2.45, 2.75) is 32.4 Å². The van der Waals surface area contributed by atoms with Crippen molar-refractivity contribution >= 4 is 29.1 Å². The third kappa shape index (κ3) is 4.69. The SMILES string of the molecule is CC(C)OCCCN1C(=O)C(=O)/C(=C(\O)c2ccc(Cl)cc2)C1c1ccccc1. The van der Waals surface area contributed by atoms with Crippen LogP contribution < -0.4 is 0 Å². The number of ketones is 1. The minimum atomic E-state index is -0.684. The molecule has 5 nitrogen and oxygen atoms in total. The van der Waals surface area contributed by atoms with Crippen LogP contribution >= 0.6 is 11.6 Å². The summed E-state index contributed by atoms with van der Waals surface area (Å²) in [6.07, 6.45) is 0.690. The number of ether oxygens (including phenoxy) is 1. The quantitative estimate of drug-likeness (QED) is 0.312. The summed E-state index contributed by atoms with van der Waals surface area (Å²) in [4.78, 5) is 27.2. The van der Waals surface area contributed by atoms with Crippen molar-refractivity contribution in [3.63, 3.8) is 0 Å². The molecule has 1 N–H and O–H groups in total. The number of hydrogen-bond acceptors (Lipinski definition) is 4. The first kappa shape index (κ1) is 21.1. The molecule has 3 rings (SSSR count). The van der Waals surface area contributed by atoms with E-state index in [-0.39, 0.29) is 17.4 Å². The molecule has 0 aromatic heterocycles. The van der Waals surface area contributed by atoms with Gasteiger partial charge in [-0.2, -0.15) is 0 Å². The highest BCUT2D eigenvalue weighted by atomic mass is 35.5. The lowest BCUT2D eigenvalue weighted by Crippen LogP contribution is -2.31. The molecule has 0 bridgehead atoms. The van der Waals surface area contributed by atoms with E-state index in [1.165, 1.54) is 4.90 Å². The van der Waals surface area contributed by atoms with E-state index < -0.39 is 17.7 Å². The molecule has 1 heterocycles. The Bertz CT molecular complexity index is 906. The summed E-state index contributed by atoms with van der Waals surface area (Å²) in [5, 5.41) is 11.4. The number of hydrogen-bond donors (Lipinski definition) is 1. The molecule has 0 aliphatic carbocycles. The molecule has 1 aliphatic heterocycles. The monoisotopic (exact) mass is 413 g/mol. The molecule has 0 saturated carbocycles. The summed E-state index contributed by atoms with van der Waals surface area (Å²) < 4.78 is 5.56. The molecule has 152 valence electrons. The Morgan fingerprint density at radius 2 is 1.76 bits per heavy atom. The van der Waals surface area contributed by atoms with Crippen LogP contribution in [0.25, 0.3) is 5.76 Å². The normalized spacial score (nSPS) is 18.6. The van der Waals surface area contributed by atoms with E-state index in [1.54, 1.807) is 24.3 Å².